The average Bonchev–Trinajstić information content (AvgIpc) is 2.03. The van der Waals surface area contributed by atoms with Crippen LogP contribution in [0, 0.1) is 5.41 Å². The van der Waals surface area contributed by atoms with Crippen LogP contribution in [0.3, 0.4) is 0 Å². The Morgan fingerprint density at radius 2 is 1.93 bits per heavy atom. The van der Waals surface area contributed by atoms with Gasteiger partial charge in [-0.15, -0.1) is 0 Å². The molecule has 5 heteroatoms. The highest BCUT2D eigenvalue weighted by Crippen LogP contribution is 2.35. The highest BCUT2D eigenvalue weighted by molar-refractivity contribution is 6.30. The summed E-state index contributed by atoms with van der Waals surface area (Å²) < 4.78 is 0. The van der Waals surface area contributed by atoms with E-state index in [2.05, 4.69) is 20.2 Å². The van der Waals surface area contributed by atoms with Crippen LogP contribution in [0.2, 0.25) is 5.02 Å². The molecular weight excluding hydrogens is 200 g/mol. The van der Waals surface area contributed by atoms with Crippen molar-refractivity contribution in [2.45, 2.75) is 0 Å². The molecule has 0 aromatic carbocycles. The zero-order chi connectivity index (χ0) is 9.60. The van der Waals surface area contributed by atoms with E-state index in [9.17, 15) is 0 Å². The van der Waals surface area contributed by atoms with Crippen LogP contribution < -0.4 is 10.2 Å². The van der Waals surface area contributed by atoms with Crippen LogP contribution in [0.1, 0.15) is 0 Å². The molecule has 1 spiro atoms. The molecule has 1 aromatic rings. The van der Waals surface area contributed by atoms with Gasteiger partial charge in [0.05, 0.1) is 17.4 Å². The number of nitrogens with one attached hydrogen (secondary N) is 1. The van der Waals surface area contributed by atoms with Gasteiger partial charge in [-0.25, -0.2) is 9.97 Å². The van der Waals surface area contributed by atoms with Crippen molar-refractivity contribution in [3.05, 3.63) is 17.4 Å². The molecule has 2 fully saturated rings. The van der Waals surface area contributed by atoms with Gasteiger partial charge in [0, 0.05) is 31.6 Å². The predicted molar refractivity (Wildman–Crippen MR) is 54.6 cm³/mol. The van der Waals surface area contributed by atoms with Gasteiger partial charge < -0.3 is 10.2 Å². The van der Waals surface area contributed by atoms with E-state index < -0.39 is 0 Å². The van der Waals surface area contributed by atoms with Gasteiger partial charge >= 0.3 is 0 Å². The molecule has 1 aromatic heterocycles. The third-order valence-corrected chi connectivity index (χ3v) is 3.14. The molecule has 74 valence electrons. The lowest BCUT2D eigenvalue weighted by molar-refractivity contribution is 0.119. The minimum atomic E-state index is 0.517. The van der Waals surface area contributed by atoms with Gasteiger partial charge in [0.1, 0.15) is 0 Å². The van der Waals surface area contributed by atoms with E-state index >= 15 is 0 Å². The van der Waals surface area contributed by atoms with Gasteiger partial charge in [-0.05, 0) is 0 Å². The molecule has 0 aliphatic carbocycles. The Labute approximate surface area is 87.3 Å². The Hall–Kier alpha value is -0.870. The Morgan fingerprint density at radius 3 is 2.43 bits per heavy atom. The lowest BCUT2D eigenvalue weighted by Crippen LogP contribution is -2.71. The SMILES string of the molecule is Clc1cnc(N2CC3(CNC3)C2)nc1. The third-order valence-electron chi connectivity index (χ3n) is 2.94. The molecule has 1 N–H and O–H groups in total. The molecule has 3 heterocycles. The minimum Gasteiger partial charge on any atom is -0.339 e. The van der Waals surface area contributed by atoms with Gasteiger partial charge in [0.25, 0.3) is 0 Å². The fourth-order valence-electron chi connectivity index (χ4n) is 2.08. The average molecular weight is 211 g/mol. The van der Waals surface area contributed by atoms with Gasteiger partial charge in [0.15, 0.2) is 0 Å². The Kier molecular flexibility index (Phi) is 1.69. The fourth-order valence-corrected chi connectivity index (χ4v) is 2.17. The summed E-state index contributed by atoms with van der Waals surface area (Å²) in [5.41, 5.74) is 0.517. The van der Waals surface area contributed by atoms with Crippen molar-refractivity contribution in [3.8, 4) is 0 Å². The van der Waals surface area contributed by atoms with E-state index in [1.54, 1.807) is 12.4 Å². The second-order valence-corrected chi connectivity index (χ2v) is 4.60. The summed E-state index contributed by atoms with van der Waals surface area (Å²) >= 11 is 5.72. The smallest absolute Gasteiger partial charge is 0.225 e. The predicted octanol–water partition coefficient (Wildman–Crippen LogP) is 0.540. The second-order valence-electron chi connectivity index (χ2n) is 4.16. The van der Waals surface area contributed by atoms with Crippen LogP contribution in [0.5, 0.6) is 0 Å². The number of hydrogen-bond donors (Lipinski definition) is 1. The van der Waals surface area contributed by atoms with E-state index in [0.29, 0.717) is 10.4 Å². The van der Waals surface area contributed by atoms with Crippen LogP contribution in [0.4, 0.5) is 5.95 Å². The van der Waals surface area contributed by atoms with Crippen LogP contribution in [-0.4, -0.2) is 36.1 Å². The number of hydrogen-bond acceptors (Lipinski definition) is 4. The maximum absolute atomic E-state index is 5.72. The molecular formula is C9H11ClN4. The first kappa shape index (κ1) is 8.44. The van der Waals surface area contributed by atoms with Crippen molar-refractivity contribution in [1.82, 2.24) is 15.3 Å². The summed E-state index contributed by atoms with van der Waals surface area (Å²) in [5.74, 6) is 0.798. The summed E-state index contributed by atoms with van der Waals surface area (Å²) in [5, 5.41) is 3.89. The number of nitrogens with zero attached hydrogens (tertiary/aromatic N) is 3. The lowest BCUT2D eigenvalue weighted by atomic mass is 9.75. The number of aromatic nitrogens is 2. The zero-order valence-corrected chi connectivity index (χ0v) is 8.46. The van der Waals surface area contributed by atoms with E-state index in [4.69, 9.17) is 11.6 Å². The van der Waals surface area contributed by atoms with Crippen molar-refractivity contribution in [1.29, 1.82) is 0 Å². The topological polar surface area (TPSA) is 41.1 Å². The molecule has 0 saturated carbocycles. The fraction of sp³-hybridized carbons (Fsp3) is 0.556. The highest BCUT2D eigenvalue weighted by atomic mass is 35.5. The van der Waals surface area contributed by atoms with E-state index in [1.165, 1.54) is 0 Å². The molecule has 0 radical (unpaired) electrons. The van der Waals surface area contributed by atoms with Crippen molar-refractivity contribution < 1.29 is 0 Å². The van der Waals surface area contributed by atoms with Crippen molar-refractivity contribution in [3.63, 3.8) is 0 Å². The molecule has 4 nitrogen and oxygen atoms in total. The van der Waals surface area contributed by atoms with Crippen LogP contribution in [0.25, 0.3) is 0 Å². The quantitative estimate of drug-likeness (QED) is 0.735. The van der Waals surface area contributed by atoms with Gasteiger partial charge in [-0.3, -0.25) is 0 Å². The van der Waals surface area contributed by atoms with Crippen LogP contribution in [0.15, 0.2) is 12.4 Å². The Balaban J connectivity index is 1.70. The molecule has 14 heavy (non-hydrogen) atoms. The monoisotopic (exact) mass is 210 g/mol. The Morgan fingerprint density at radius 1 is 1.29 bits per heavy atom. The largest absolute Gasteiger partial charge is 0.339 e. The van der Waals surface area contributed by atoms with Gasteiger partial charge in [-0.1, -0.05) is 11.6 Å². The molecule has 0 atom stereocenters. The van der Waals surface area contributed by atoms with Gasteiger partial charge in [-0.2, -0.15) is 0 Å². The van der Waals surface area contributed by atoms with Gasteiger partial charge in [0.2, 0.25) is 5.95 Å². The number of halogens is 1. The second kappa shape index (κ2) is 2.81. The van der Waals surface area contributed by atoms with Crippen molar-refractivity contribution >= 4 is 17.5 Å². The highest BCUT2D eigenvalue weighted by Gasteiger charge is 2.48. The summed E-state index contributed by atoms with van der Waals surface area (Å²) in [4.78, 5) is 10.6. The zero-order valence-electron chi connectivity index (χ0n) is 7.70. The van der Waals surface area contributed by atoms with Crippen LogP contribution in [-0.2, 0) is 0 Å². The summed E-state index contributed by atoms with van der Waals surface area (Å²) in [7, 11) is 0. The summed E-state index contributed by atoms with van der Waals surface area (Å²) in [6.45, 7) is 4.41. The Bertz CT molecular complexity index is 338. The minimum absolute atomic E-state index is 0.517. The van der Waals surface area contributed by atoms with Crippen molar-refractivity contribution in [2.75, 3.05) is 31.1 Å². The van der Waals surface area contributed by atoms with Crippen LogP contribution >= 0.6 is 11.6 Å². The standard InChI is InChI=1S/C9H11ClN4/c10-7-1-12-8(13-2-7)14-5-9(6-14)3-11-4-9/h1-2,11H,3-6H2. The first-order chi connectivity index (χ1) is 6.77. The molecule has 0 unspecified atom stereocenters. The summed E-state index contributed by atoms with van der Waals surface area (Å²) in [6.07, 6.45) is 3.29. The molecule has 0 bridgehead atoms. The molecule has 2 aliphatic rings. The maximum atomic E-state index is 5.72. The lowest BCUT2D eigenvalue weighted by Gasteiger charge is -2.55. The normalized spacial score (nSPS) is 23.1. The first-order valence-electron chi connectivity index (χ1n) is 4.71. The molecule has 0 amide bonds. The molecule has 2 saturated heterocycles. The number of anilines is 1. The third kappa shape index (κ3) is 1.18. The summed E-state index contributed by atoms with van der Waals surface area (Å²) in [6, 6.07) is 0. The van der Waals surface area contributed by atoms with E-state index in [0.717, 1.165) is 32.1 Å². The molecule has 3 rings (SSSR count). The number of rotatable bonds is 1. The molecule has 2 aliphatic heterocycles. The maximum Gasteiger partial charge on any atom is 0.225 e. The first-order valence-corrected chi connectivity index (χ1v) is 5.09. The van der Waals surface area contributed by atoms with E-state index in [-0.39, 0.29) is 0 Å². The van der Waals surface area contributed by atoms with Crippen molar-refractivity contribution in [2.24, 2.45) is 5.41 Å². The van der Waals surface area contributed by atoms with E-state index in [1.807, 2.05) is 0 Å².